The summed E-state index contributed by atoms with van der Waals surface area (Å²) in [5.41, 5.74) is 0. The molecule has 0 aromatic heterocycles. The molecule has 2 heterocycles. The third kappa shape index (κ3) is 2.45. The smallest absolute Gasteiger partial charge is 0.0261 e. The molecule has 4 nitrogen and oxygen atoms in total. The highest BCUT2D eigenvalue weighted by Crippen LogP contribution is 2.07. The Labute approximate surface area is 87.0 Å². The first-order valence-electron chi connectivity index (χ1n) is 5.62. The van der Waals surface area contributed by atoms with E-state index in [0.29, 0.717) is 0 Å². The van der Waals surface area contributed by atoms with Crippen molar-refractivity contribution in [2.24, 2.45) is 0 Å². The van der Waals surface area contributed by atoms with Crippen LogP contribution in [0.4, 0.5) is 0 Å². The van der Waals surface area contributed by atoms with Gasteiger partial charge in [-0.25, -0.2) is 10.0 Å². The summed E-state index contributed by atoms with van der Waals surface area (Å²) in [4.78, 5) is 4.82. The minimum atomic E-state index is 1.21. The van der Waals surface area contributed by atoms with Gasteiger partial charge < -0.3 is 9.80 Å². The summed E-state index contributed by atoms with van der Waals surface area (Å²) < 4.78 is 0. The lowest BCUT2D eigenvalue weighted by molar-refractivity contribution is -0.0754. The Kier molecular flexibility index (Phi) is 3.38. The van der Waals surface area contributed by atoms with Crippen molar-refractivity contribution in [2.45, 2.75) is 0 Å². The van der Waals surface area contributed by atoms with Crippen molar-refractivity contribution in [3.63, 3.8) is 0 Å². The van der Waals surface area contributed by atoms with Gasteiger partial charge in [-0.05, 0) is 14.1 Å². The number of hydrogen-bond acceptors (Lipinski definition) is 4. The van der Waals surface area contributed by atoms with E-state index in [1.165, 1.54) is 52.4 Å². The van der Waals surface area contributed by atoms with Crippen LogP contribution in [0.2, 0.25) is 0 Å². The minimum Gasteiger partial charge on any atom is -0.304 e. The average Bonchev–Trinajstić information content (AvgIpc) is 2.21. The molecule has 0 atom stereocenters. The van der Waals surface area contributed by atoms with Crippen LogP contribution in [0.1, 0.15) is 0 Å². The molecule has 0 unspecified atom stereocenters. The van der Waals surface area contributed by atoms with Crippen molar-refractivity contribution in [1.29, 1.82) is 0 Å². The van der Waals surface area contributed by atoms with Gasteiger partial charge in [0.1, 0.15) is 0 Å². The van der Waals surface area contributed by atoms with Crippen LogP contribution in [0.15, 0.2) is 0 Å². The maximum atomic E-state index is 2.53. The van der Waals surface area contributed by atoms with E-state index in [1.807, 2.05) is 0 Å². The van der Waals surface area contributed by atoms with E-state index in [9.17, 15) is 0 Å². The zero-order chi connectivity index (χ0) is 9.97. The van der Waals surface area contributed by atoms with Crippen LogP contribution in [0.5, 0.6) is 0 Å². The summed E-state index contributed by atoms with van der Waals surface area (Å²) in [6, 6.07) is 0. The number of nitrogens with zero attached hydrogens (tertiary/aromatic N) is 4. The van der Waals surface area contributed by atoms with E-state index < -0.39 is 0 Å². The molecule has 14 heavy (non-hydrogen) atoms. The molecule has 4 heteroatoms. The fraction of sp³-hybridized carbons (Fsp3) is 1.00. The van der Waals surface area contributed by atoms with E-state index >= 15 is 0 Å². The lowest BCUT2D eigenvalue weighted by Crippen LogP contribution is -2.57. The van der Waals surface area contributed by atoms with E-state index in [1.54, 1.807) is 0 Å². The van der Waals surface area contributed by atoms with Gasteiger partial charge in [-0.3, -0.25) is 0 Å². The van der Waals surface area contributed by atoms with Crippen LogP contribution in [0.3, 0.4) is 0 Å². The number of hydrogen-bond donors (Lipinski definition) is 0. The van der Waals surface area contributed by atoms with Crippen molar-refractivity contribution < 1.29 is 0 Å². The summed E-state index contributed by atoms with van der Waals surface area (Å²) in [6.45, 7) is 9.69. The molecule has 0 aliphatic carbocycles. The van der Waals surface area contributed by atoms with Gasteiger partial charge in [-0.1, -0.05) is 0 Å². The van der Waals surface area contributed by atoms with Crippen LogP contribution in [0, 0.1) is 0 Å². The second kappa shape index (κ2) is 4.57. The molecule has 0 radical (unpaired) electrons. The van der Waals surface area contributed by atoms with E-state index in [4.69, 9.17) is 0 Å². The highest BCUT2D eigenvalue weighted by molar-refractivity contribution is 4.72. The summed E-state index contributed by atoms with van der Waals surface area (Å²) in [6.07, 6.45) is 0. The number of hydrazine groups is 1. The van der Waals surface area contributed by atoms with Gasteiger partial charge in [0.2, 0.25) is 0 Å². The zero-order valence-electron chi connectivity index (χ0n) is 9.45. The van der Waals surface area contributed by atoms with E-state index in [2.05, 4.69) is 33.9 Å². The molecule has 0 N–H and O–H groups in total. The molecular weight excluding hydrogens is 176 g/mol. The van der Waals surface area contributed by atoms with Gasteiger partial charge in [-0.15, -0.1) is 0 Å². The number of piperazine rings is 2. The van der Waals surface area contributed by atoms with Crippen LogP contribution in [0.25, 0.3) is 0 Å². The summed E-state index contributed by atoms with van der Waals surface area (Å²) in [5, 5.41) is 5.07. The highest BCUT2D eigenvalue weighted by Gasteiger charge is 2.22. The van der Waals surface area contributed by atoms with Crippen LogP contribution in [-0.2, 0) is 0 Å². The highest BCUT2D eigenvalue weighted by atomic mass is 15.6. The normalized spacial score (nSPS) is 29.6. The second-order valence-electron chi connectivity index (χ2n) is 4.51. The van der Waals surface area contributed by atoms with Crippen molar-refractivity contribution >= 4 is 0 Å². The van der Waals surface area contributed by atoms with Gasteiger partial charge in [0.25, 0.3) is 0 Å². The molecule has 0 spiro atoms. The van der Waals surface area contributed by atoms with Gasteiger partial charge in [0.05, 0.1) is 0 Å². The Morgan fingerprint density at radius 3 is 1.07 bits per heavy atom. The number of likely N-dealkylation sites (N-methyl/N-ethyl adjacent to an activating group) is 2. The maximum Gasteiger partial charge on any atom is 0.0261 e. The van der Waals surface area contributed by atoms with E-state index in [0.717, 1.165) is 0 Å². The first kappa shape index (κ1) is 10.4. The number of rotatable bonds is 1. The van der Waals surface area contributed by atoms with E-state index in [-0.39, 0.29) is 0 Å². The molecule has 2 aliphatic rings. The molecule has 2 aliphatic heterocycles. The van der Waals surface area contributed by atoms with Gasteiger partial charge in [0, 0.05) is 52.4 Å². The zero-order valence-corrected chi connectivity index (χ0v) is 9.45. The van der Waals surface area contributed by atoms with Gasteiger partial charge in [-0.2, -0.15) is 0 Å². The predicted molar refractivity (Wildman–Crippen MR) is 58.1 cm³/mol. The van der Waals surface area contributed by atoms with Crippen molar-refractivity contribution in [2.75, 3.05) is 66.5 Å². The fourth-order valence-electron chi connectivity index (χ4n) is 2.16. The first-order chi connectivity index (χ1) is 6.75. The maximum absolute atomic E-state index is 2.53. The standard InChI is InChI=1S/C10H22N4/c1-11-3-7-13(8-4-11)14-9-5-12(2)6-10-14/h3-10H2,1-2H3. The molecule has 0 amide bonds. The SMILES string of the molecule is CN1CCN(N2CCN(C)CC2)CC1. The van der Waals surface area contributed by atoms with Crippen molar-refractivity contribution in [3.05, 3.63) is 0 Å². The predicted octanol–water partition coefficient (Wildman–Crippen LogP) is -0.604. The van der Waals surface area contributed by atoms with Gasteiger partial charge >= 0.3 is 0 Å². The Hall–Kier alpha value is -0.160. The molecule has 0 aromatic carbocycles. The third-order valence-corrected chi connectivity index (χ3v) is 3.36. The molecule has 0 saturated carbocycles. The monoisotopic (exact) mass is 198 g/mol. The largest absolute Gasteiger partial charge is 0.304 e. The summed E-state index contributed by atoms with van der Waals surface area (Å²) in [5.74, 6) is 0. The van der Waals surface area contributed by atoms with Crippen molar-refractivity contribution in [1.82, 2.24) is 19.8 Å². The Bertz CT molecular complexity index is 149. The molecule has 2 rings (SSSR count). The Balaban J connectivity index is 1.78. The minimum absolute atomic E-state index is 1.21. The second-order valence-corrected chi connectivity index (χ2v) is 4.51. The van der Waals surface area contributed by atoms with Crippen LogP contribution >= 0.6 is 0 Å². The van der Waals surface area contributed by atoms with Gasteiger partial charge in [0.15, 0.2) is 0 Å². The quantitative estimate of drug-likeness (QED) is 0.557. The molecule has 2 saturated heterocycles. The molecule has 0 bridgehead atoms. The Morgan fingerprint density at radius 1 is 0.500 bits per heavy atom. The van der Waals surface area contributed by atoms with Crippen LogP contribution < -0.4 is 0 Å². The lowest BCUT2D eigenvalue weighted by Gasteiger charge is -2.43. The third-order valence-electron chi connectivity index (χ3n) is 3.36. The summed E-state index contributed by atoms with van der Waals surface area (Å²) in [7, 11) is 4.42. The topological polar surface area (TPSA) is 13.0 Å². The molecular formula is C10H22N4. The molecule has 0 aromatic rings. The molecule has 82 valence electrons. The average molecular weight is 198 g/mol. The Morgan fingerprint density at radius 2 is 0.786 bits per heavy atom. The fourth-order valence-corrected chi connectivity index (χ4v) is 2.16. The first-order valence-corrected chi connectivity index (χ1v) is 5.62. The molecule has 2 fully saturated rings. The van der Waals surface area contributed by atoms with Crippen molar-refractivity contribution in [3.8, 4) is 0 Å². The summed E-state index contributed by atoms with van der Waals surface area (Å²) >= 11 is 0. The lowest BCUT2D eigenvalue weighted by atomic mass is 10.3. The van der Waals surface area contributed by atoms with Crippen LogP contribution in [-0.4, -0.2) is 86.3 Å².